The van der Waals surface area contributed by atoms with E-state index in [0.29, 0.717) is 40.9 Å². The van der Waals surface area contributed by atoms with Crippen molar-refractivity contribution in [1.82, 2.24) is 14.5 Å². The van der Waals surface area contributed by atoms with Gasteiger partial charge in [0, 0.05) is 54.1 Å². The summed E-state index contributed by atoms with van der Waals surface area (Å²) in [5.41, 5.74) is 2.03. The van der Waals surface area contributed by atoms with Crippen molar-refractivity contribution in [3.05, 3.63) is 100 Å². The van der Waals surface area contributed by atoms with E-state index in [0.717, 1.165) is 18.2 Å². The van der Waals surface area contributed by atoms with E-state index in [-0.39, 0.29) is 28.6 Å². The number of rotatable bonds is 7. The highest BCUT2D eigenvalue weighted by atomic mass is 19.1. The lowest BCUT2D eigenvalue weighted by Crippen LogP contribution is -2.25. The molecule has 6 rings (SSSR count). The Morgan fingerprint density at radius 2 is 1.79 bits per heavy atom. The number of aromatic nitrogens is 3. The first kappa shape index (κ1) is 26.9. The highest BCUT2D eigenvalue weighted by molar-refractivity contribution is 6.04. The number of carbonyl (C=O) groups excluding carboxylic acids is 1. The van der Waals surface area contributed by atoms with E-state index in [4.69, 9.17) is 14.2 Å². The van der Waals surface area contributed by atoms with Crippen molar-refractivity contribution in [3.8, 4) is 34.3 Å². The maximum Gasteiger partial charge on any atom is 0.261 e. The minimum atomic E-state index is -0.754. The predicted octanol–water partition coefficient (Wildman–Crippen LogP) is 5.74. The van der Waals surface area contributed by atoms with Crippen LogP contribution in [0.5, 0.6) is 23.1 Å². The van der Waals surface area contributed by atoms with Gasteiger partial charge in [-0.15, -0.1) is 0 Å². The number of ether oxygens (including phenoxy) is 3. The summed E-state index contributed by atoms with van der Waals surface area (Å²) in [5, 5.41) is 2.61. The van der Waals surface area contributed by atoms with Crippen LogP contribution >= 0.6 is 0 Å². The number of methoxy groups -OCH3 is 2. The molecule has 0 aliphatic carbocycles. The number of nitrogens with zero attached hydrogens (tertiary/aromatic N) is 3. The summed E-state index contributed by atoms with van der Waals surface area (Å²) >= 11 is 0. The van der Waals surface area contributed by atoms with E-state index in [1.807, 2.05) is 4.57 Å². The van der Waals surface area contributed by atoms with Crippen LogP contribution in [0.1, 0.15) is 22.5 Å². The highest BCUT2D eigenvalue weighted by Crippen LogP contribution is 2.35. The zero-order chi connectivity index (χ0) is 29.4. The lowest BCUT2D eigenvalue weighted by Gasteiger charge is -2.14. The standard InChI is InChI=1S/C31H24F2N4O5/c1-40-26-15-22-28(36-31(26)41-2)25(11-12-34-22)42-24-10-9-19(14-21(24)33)35-30(39)20-16-37-13-3-4-23(37)27(29(20)38)17-5-7-18(32)8-6-17/h5-12,14-16H,3-4,13H2,1-2H3,(H,35,39). The van der Waals surface area contributed by atoms with Gasteiger partial charge in [0.05, 0.1) is 19.7 Å². The summed E-state index contributed by atoms with van der Waals surface area (Å²) < 4.78 is 46.9. The molecule has 0 fully saturated rings. The number of benzene rings is 2. The van der Waals surface area contributed by atoms with Gasteiger partial charge in [-0.25, -0.2) is 13.8 Å². The van der Waals surface area contributed by atoms with Crippen LogP contribution in [0, 0.1) is 11.6 Å². The van der Waals surface area contributed by atoms with Crippen LogP contribution in [0.15, 0.2) is 71.8 Å². The van der Waals surface area contributed by atoms with Crippen molar-refractivity contribution in [2.24, 2.45) is 0 Å². The zero-order valence-electron chi connectivity index (χ0n) is 22.6. The Bertz CT molecular complexity index is 1910. The maximum atomic E-state index is 15.2. The second-order valence-corrected chi connectivity index (χ2v) is 9.58. The lowest BCUT2D eigenvalue weighted by molar-refractivity contribution is 0.102. The summed E-state index contributed by atoms with van der Waals surface area (Å²) in [5.74, 6) is -1.16. The van der Waals surface area contributed by atoms with Gasteiger partial charge in [0.1, 0.15) is 16.9 Å². The van der Waals surface area contributed by atoms with Crippen molar-refractivity contribution in [1.29, 1.82) is 0 Å². The van der Waals surface area contributed by atoms with Crippen LogP contribution in [-0.2, 0) is 13.0 Å². The quantitative estimate of drug-likeness (QED) is 0.266. The number of halogens is 2. The minimum absolute atomic E-state index is 0.0978. The third-order valence-corrected chi connectivity index (χ3v) is 7.01. The fraction of sp³-hybridized carbons (Fsp3) is 0.161. The third kappa shape index (κ3) is 4.89. The van der Waals surface area contributed by atoms with E-state index < -0.39 is 23.0 Å². The lowest BCUT2D eigenvalue weighted by atomic mass is 9.99. The topological polar surface area (TPSA) is 105 Å². The van der Waals surface area contributed by atoms with E-state index in [9.17, 15) is 14.0 Å². The van der Waals surface area contributed by atoms with Crippen molar-refractivity contribution in [2.75, 3.05) is 19.5 Å². The van der Waals surface area contributed by atoms with Crippen molar-refractivity contribution < 1.29 is 27.8 Å². The molecule has 1 N–H and O–H groups in total. The fourth-order valence-corrected chi connectivity index (χ4v) is 5.03. The Morgan fingerprint density at radius 1 is 0.976 bits per heavy atom. The molecule has 0 bridgehead atoms. The number of anilines is 1. The average Bonchev–Trinajstić information content (AvgIpc) is 3.46. The van der Waals surface area contributed by atoms with Gasteiger partial charge in [-0.2, -0.15) is 0 Å². The monoisotopic (exact) mass is 570 g/mol. The van der Waals surface area contributed by atoms with Crippen LogP contribution < -0.4 is 25.0 Å². The molecule has 1 amide bonds. The molecule has 0 unspecified atom stereocenters. The van der Waals surface area contributed by atoms with Crippen LogP contribution in [0.2, 0.25) is 0 Å². The molecule has 0 saturated heterocycles. The molecule has 11 heteroatoms. The highest BCUT2D eigenvalue weighted by Gasteiger charge is 2.24. The summed E-state index contributed by atoms with van der Waals surface area (Å²) in [4.78, 5) is 35.4. The number of fused-ring (bicyclic) bond motifs is 2. The van der Waals surface area contributed by atoms with Gasteiger partial charge in [0.2, 0.25) is 5.43 Å². The largest absolute Gasteiger partial charge is 0.491 e. The Balaban J connectivity index is 1.28. The molecule has 42 heavy (non-hydrogen) atoms. The van der Waals surface area contributed by atoms with E-state index in [1.54, 1.807) is 6.07 Å². The van der Waals surface area contributed by atoms with Gasteiger partial charge >= 0.3 is 0 Å². The molecular formula is C31H24F2N4O5. The number of carbonyl (C=O) groups is 1. The number of hydrogen-bond acceptors (Lipinski definition) is 7. The molecule has 0 atom stereocenters. The van der Waals surface area contributed by atoms with Crippen LogP contribution in [-0.4, -0.2) is 34.7 Å². The van der Waals surface area contributed by atoms with Gasteiger partial charge in [-0.3, -0.25) is 14.6 Å². The first-order valence-corrected chi connectivity index (χ1v) is 13.0. The molecular weight excluding hydrogens is 546 g/mol. The van der Waals surface area contributed by atoms with Crippen LogP contribution in [0.3, 0.4) is 0 Å². The van der Waals surface area contributed by atoms with Gasteiger partial charge in [0.25, 0.3) is 11.8 Å². The zero-order valence-corrected chi connectivity index (χ0v) is 22.6. The number of pyridine rings is 3. The second-order valence-electron chi connectivity index (χ2n) is 9.58. The first-order chi connectivity index (χ1) is 20.4. The predicted molar refractivity (Wildman–Crippen MR) is 151 cm³/mol. The van der Waals surface area contributed by atoms with E-state index >= 15 is 4.39 Å². The van der Waals surface area contributed by atoms with Crippen LogP contribution in [0.25, 0.3) is 22.2 Å². The SMILES string of the molecule is COc1cc2nccc(Oc3ccc(NC(=O)c4cn5c(c(-c6ccc(F)cc6)c4=O)CCC5)cc3F)c2nc1OC. The molecule has 4 heterocycles. The van der Waals surface area contributed by atoms with Gasteiger partial charge in [0.15, 0.2) is 23.1 Å². The molecule has 5 aromatic rings. The summed E-state index contributed by atoms with van der Waals surface area (Å²) in [6, 6.07) is 12.7. The first-order valence-electron chi connectivity index (χ1n) is 13.0. The van der Waals surface area contributed by atoms with Crippen molar-refractivity contribution >= 4 is 22.6 Å². The molecule has 0 saturated carbocycles. The number of aryl methyl sites for hydroxylation is 1. The van der Waals surface area contributed by atoms with Crippen LogP contribution in [0.4, 0.5) is 14.5 Å². The number of amides is 1. The van der Waals surface area contributed by atoms with E-state index in [2.05, 4.69) is 15.3 Å². The number of hydrogen-bond donors (Lipinski definition) is 1. The van der Waals surface area contributed by atoms with Crippen molar-refractivity contribution in [2.45, 2.75) is 19.4 Å². The van der Waals surface area contributed by atoms with Gasteiger partial charge in [-0.1, -0.05) is 12.1 Å². The Kier molecular flexibility index (Phi) is 6.99. The second kappa shape index (κ2) is 10.9. The Morgan fingerprint density at radius 3 is 2.52 bits per heavy atom. The molecule has 9 nitrogen and oxygen atoms in total. The molecule has 0 radical (unpaired) electrons. The molecule has 1 aliphatic rings. The fourth-order valence-electron chi connectivity index (χ4n) is 5.03. The molecule has 2 aromatic carbocycles. The Labute approximate surface area is 238 Å². The molecule has 212 valence electrons. The molecule has 3 aromatic heterocycles. The summed E-state index contributed by atoms with van der Waals surface area (Å²) in [6.07, 6.45) is 4.49. The molecule has 1 aliphatic heterocycles. The average molecular weight is 571 g/mol. The van der Waals surface area contributed by atoms with Crippen molar-refractivity contribution in [3.63, 3.8) is 0 Å². The summed E-state index contributed by atoms with van der Waals surface area (Å²) in [6.45, 7) is 0.641. The normalized spacial score (nSPS) is 12.2. The van der Waals surface area contributed by atoms with E-state index in [1.165, 1.54) is 69.1 Å². The maximum absolute atomic E-state index is 15.2. The van der Waals surface area contributed by atoms with Gasteiger partial charge in [-0.05, 0) is 42.7 Å². The van der Waals surface area contributed by atoms with Gasteiger partial charge < -0.3 is 24.1 Å². The molecule has 0 spiro atoms. The smallest absolute Gasteiger partial charge is 0.261 e. The third-order valence-electron chi connectivity index (χ3n) is 7.01. The minimum Gasteiger partial charge on any atom is -0.491 e. The number of nitrogens with one attached hydrogen (secondary N) is 1. The summed E-state index contributed by atoms with van der Waals surface area (Å²) in [7, 11) is 2.92. The Hall–Kier alpha value is -5.32.